The lowest BCUT2D eigenvalue weighted by Crippen LogP contribution is -2.25. The minimum Gasteiger partial charge on any atom is -0.387 e. The van der Waals surface area contributed by atoms with E-state index in [0.29, 0.717) is 17.9 Å². The number of nitrogens with one attached hydrogen (secondary N) is 2. The molecule has 1 aromatic heterocycles. The van der Waals surface area contributed by atoms with Crippen LogP contribution in [-0.4, -0.2) is 27.7 Å². The number of nitrogens with zero attached hydrogens (tertiary/aromatic N) is 3. The van der Waals surface area contributed by atoms with Crippen LogP contribution in [0.4, 0.5) is 5.69 Å². The molecule has 0 saturated heterocycles. The highest BCUT2D eigenvalue weighted by Gasteiger charge is 2.11. The molecule has 2 rings (SSSR count). The number of hydrogen-bond donors (Lipinski definition) is 2. The summed E-state index contributed by atoms with van der Waals surface area (Å²) in [5, 5.41) is 13.5. The van der Waals surface area contributed by atoms with Gasteiger partial charge in [0.15, 0.2) is 5.82 Å². The van der Waals surface area contributed by atoms with E-state index < -0.39 is 0 Å². The molecule has 0 bridgehead atoms. The molecule has 100 valence electrons. The summed E-state index contributed by atoms with van der Waals surface area (Å²) in [6, 6.07) is 5.67. The van der Waals surface area contributed by atoms with Crippen molar-refractivity contribution >= 4 is 11.6 Å². The van der Waals surface area contributed by atoms with Gasteiger partial charge >= 0.3 is 0 Å². The van der Waals surface area contributed by atoms with Crippen molar-refractivity contribution in [3.63, 3.8) is 0 Å². The molecule has 1 aromatic carbocycles. The first-order valence-electron chi connectivity index (χ1n) is 6.01. The van der Waals surface area contributed by atoms with Gasteiger partial charge in [-0.1, -0.05) is 6.07 Å². The predicted octanol–water partition coefficient (Wildman–Crippen LogP) is 1.10. The SMILES string of the molecule is CNc1cc(C)ccc1C(=O)NCc1nncn1C. The second kappa shape index (κ2) is 5.51. The molecule has 19 heavy (non-hydrogen) atoms. The fourth-order valence-corrected chi connectivity index (χ4v) is 1.78. The van der Waals surface area contributed by atoms with Crippen molar-refractivity contribution in [3.05, 3.63) is 41.5 Å². The van der Waals surface area contributed by atoms with Gasteiger partial charge in [-0.15, -0.1) is 10.2 Å². The quantitative estimate of drug-likeness (QED) is 0.862. The Morgan fingerprint density at radius 3 is 2.84 bits per heavy atom. The van der Waals surface area contributed by atoms with Crippen molar-refractivity contribution in [1.82, 2.24) is 20.1 Å². The molecule has 2 N–H and O–H groups in total. The Balaban J connectivity index is 2.10. The van der Waals surface area contributed by atoms with Gasteiger partial charge in [0, 0.05) is 19.8 Å². The fourth-order valence-electron chi connectivity index (χ4n) is 1.78. The fraction of sp³-hybridized carbons (Fsp3) is 0.308. The number of hydrogen-bond acceptors (Lipinski definition) is 4. The zero-order valence-corrected chi connectivity index (χ0v) is 11.3. The number of rotatable bonds is 4. The van der Waals surface area contributed by atoms with Crippen molar-refractivity contribution in [2.45, 2.75) is 13.5 Å². The van der Waals surface area contributed by atoms with E-state index >= 15 is 0 Å². The summed E-state index contributed by atoms with van der Waals surface area (Å²) in [7, 11) is 3.64. The maximum atomic E-state index is 12.1. The van der Waals surface area contributed by atoms with Gasteiger partial charge < -0.3 is 15.2 Å². The smallest absolute Gasteiger partial charge is 0.253 e. The third-order valence-corrected chi connectivity index (χ3v) is 2.90. The maximum Gasteiger partial charge on any atom is 0.253 e. The van der Waals surface area contributed by atoms with Gasteiger partial charge in [0.2, 0.25) is 0 Å². The number of amides is 1. The van der Waals surface area contributed by atoms with Crippen LogP contribution in [-0.2, 0) is 13.6 Å². The molecule has 0 unspecified atom stereocenters. The van der Waals surface area contributed by atoms with E-state index in [2.05, 4.69) is 20.8 Å². The zero-order chi connectivity index (χ0) is 13.8. The molecule has 0 aliphatic rings. The van der Waals surface area contributed by atoms with Gasteiger partial charge in [-0.25, -0.2) is 0 Å². The van der Waals surface area contributed by atoms with Gasteiger partial charge in [-0.05, 0) is 24.6 Å². The molecule has 0 atom stereocenters. The van der Waals surface area contributed by atoms with E-state index in [1.807, 2.05) is 32.2 Å². The summed E-state index contributed by atoms with van der Waals surface area (Å²) in [5.74, 6) is 0.582. The summed E-state index contributed by atoms with van der Waals surface area (Å²) in [6.45, 7) is 2.34. The van der Waals surface area contributed by atoms with E-state index in [1.165, 1.54) is 0 Å². The molecular formula is C13H17N5O. The molecule has 6 nitrogen and oxygen atoms in total. The summed E-state index contributed by atoms with van der Waals surface area (Å²) < 4.78 is 1.77. The highest BCUT2D eigenvalue weighted by atomic mass is 16.1. The van der Waals surface area contributed by atoms with Crippen LogP contribution in [0.2, 0.25) is 0 Å². The van der Waals surface area contributed by atoms with Crippen molar-refractivity contribution < 1.29 is 4.79 Å². The average Bonchev–Trinajstić information content (AvgIpc) is 2.81. The maximum absolute atomic E-state index is 12.1. The van der Waals surface area contributed by atoms with E-state index in [1.54, 1.807) is 17.9 Å². The van der Waals surface area contributed by atoms with Crippen LogP contribution >= 0.6 is 0 Å². The van der Waals surface area contributed by atoms with Crippen LogP contribution in [0, 0.1) is 6.92 Å². The first-order chi connectivity index (χ1) is 9.11. The predicted molar refractivity (Wildman–Crippen MR) is 72.9 cm³/mol. The van der Waals surface area contributed by atoms with Crippen LogP contribution < -0.4 is 10.6 Å². The third kappa shape index (κ3) is 2.90. The van der Waals surface area contributed by atoms with Crippen molar-refractivity contribution in [2.75, 3.05) is 12.4 Å². The van der Waals surface area contributed by atoms with Crippen LogP contribution in [0.5, 0.6) is 0 Å². The highest BCUT2D eigenvalue weighted by molar-refractivity contribution is 5.99. The zero-order valence-electron chi connectivity index (χ0n) is 11.3. The molecule has 0 radical (unpaired) electrons. The molecule has 6 heteroatoms. The second-order valence-corrected chi connectivity index (χ2v) is 4.34. The molecule has 1 amide bonds. The van der Waals surface area contributed by atoms with E-state index in [0.717, 1.165) is 11.3 Å². The van der Waals surface area contributed by atoms with Crippen molar-refractivity contribution in [2.24, 2.45) is 7.05 Å². The lowest BCUT2D eigenvalue weighted by molar-refractivity contribution is 0.0950. The molecular weight excluding hydrogens is 242 g/mol. The molecule has 0 aliphatic heterocycles. The third-order valence-electron chi connectivity index (χ3n) is 2.90. The normalized spacial score (nSPS) is 10.3. The van der Waals surface area contributed by atoms with E-state index in [9.17, 15) is 4.79 Å². The lowest BCUT2D eigenvalue weighted by Gasteiger charge is -2.10. The summed E-state index contributed by atoms with van der Waals surface area (Å²) in [4.78, 5) is 12.1. The topological polar surface area (TPSA) is 71.8 Å². The number of aromatic nitrogens is 3. The standard InChI is InChI=1S/C13H17N5O/c1-9-4-5-10(11(6-9)14-2)13(19)15-7-12-17-16-8-18(12)3/h4-6,8,14H,7H2,1-3H3,(H,15,19). The largest absolute Gasteiger partial charge is 0.387 e. The summed E-state index contributed by atoms with van der Waals surface area (Å²) in [6.07, 6.45) is 1.60. The Labute approximate surface area is 111 Å². The first kappa shape index (κ1) is 13.1. The number of carbonyl (C=O) groups excluding carboxylic acids is 1. The van der Waals surface area contributed by atoms with E-state index in [-0.39, 0.29) is 5.91 Å². The lowest BCUT2D eigenvalue weighted by atomic mass is 10.1. The minimum atomic E-state index is -0.132. The van der Waals surface area contributed by atoms with Crippen LogP contribution in [0.15, 0.2) is 24.5 Å². The van der Waals surface area contributed by atoms with Gasteiger partial charge in [0.05, 0.1) is 12.1 Å². The first-order valence-corrected chi connectivity index (χ1v) is 6.01. The van der Waals surface area contributed by atoms with Crippen molar-refractivity contribution in [1.29, 1.82) is 0 Å². The Morgan fingerprint density at radius 1 is 1.42 bits per heavy atom. The molecule has 0 fully saturated rings. The molecule has 0 saturated carbocycles. The number of aryl methyl sites for hydroxylation is 2. The van der Waals surface area contributed by atoms with Gasteiger partial charge in [-0.2, -0.15) is 0 Å². The van der Waals surface area contributed by atoms with Crippen LogP contribution in [0.25, 0.3) is 0 Å². The monoisotopic (exact) mass is 259 g/mol. The number of carbonyl (C=O) groups is 1. The van der Waals surface area contributed by atoms with Gasteiger partial charge in [-0.3, -0.25) is 4.79 Å². The second-order valence-electron chi connectivity index (χ2n) is 4.34. The average molecular weight is 259 g/mol. The Kier molecular flexibility index (Phi) is 3.79. The Bertz CT molecular complexity index is 590. The summed E-state index contributed by atoms with van der Waals surface area (Å²) >= 11 is 0. The molecule has 0 aliphatic carbocycles. The Morgan fingerprint density at radius 2 is 2.21 bits per heavy atom. The summed E-state index contributed by atoms with van der Waals surface area (Å²) in [5.41, 5.74) is 2.54. The minimum absolute atomic E-state index is 0.132. The van der Waals surface area contributed by atoms with Crippen LogP contribution in [0.1, 0.15) is 21.7 Å². The van der Waals surface area contributed by atoms with E-state index in [4.69, 9.17) is 0 Å². The molecule has 2 aromatic rings. The number of anilines is 1. The molecule has 1 heterocycles. The Hall–Kier alpha value is -2.37. The highest BCUT2D eigenvalue weighted by Crippen LogP contribution is 2.16. The van der Waals surface area contributed by atoms with Crippen LogP contribution in [0.3, 0.4) is 0 Å². The van der Waals surface area contributed by atoms with Gasteiger partial charge in [0.25, 0.3) is 5.91 Å². The number of benzene rings is 1. The van der Waals surface area contributed by atoms with Crippen molar-refractivity contribution in [3.8, 4) is 0 Å². The molecule has 0 spiro atoms. The van der Waals surface area contributed by atoms with Gasteiger partial charge in [0.1, 0.15) is 6.33 Å².